The van der Waals surface area contributed by atoms with Gasteiger partial charge in [0.15, 0.2) is 11.5 Å². The second-order valence-corrected chi connectivity index (χ2v) is 8.50. The summed E-state index contributed by atoms with van der Waals surface area (Å²) < 4.78 is 13.1. The first-order valence-electron chi connectivity index (χ1n) is 11.9. The smallest absolute Gasteiger partial charge is 0.272 e. The molecule has 4 aromatic rings. The van der Waals surface area contributed by atoms with Crippen molar-refractivity contribution in [3.05, 3.63) is 94.4 Å². The van der Waals surface area contributed by atoms with Crippen molar-refractivity contribution in [1.29, 1.82) is 0 Å². The number of hydrogen-bond donors (Lipinski definition) is 1. The van der Waals surface area contributed by atoms with Crippen LogP contribution in [-0.2, 0) is 24.2 Å². The molecule has 0 unspecified atom stereocenters. The molecular formula is C28H27N3O4. The van der Waals surface area contributed by atoms with E-state index in [1.54, 1.807) is 22.8 Å². The Hall–Kier alpha value is -4.13. The summed E-state index contributed by atoms with van der Waals surface area (Å²) in [5.41, 5.74) is 3.59. The maximum Gasteiger partial charge on any atom is 0.272 e. The summed E-state index contributed by atoms with van der Waals surface area (Å²) in [6, 6.07) is 23.1. The van der Waals surface area contributed by atoms with E-state index in [1.165, 1.54) is 0 Å². The third kappa shape index (κ3) is 5.35. The number of ether oxygens (including phenoxy) is 2. The average molecular weight is 470 g/mol. The van der Waals surface area contributed by atoms with E-state index in [2.05, 4.69) is 22.4 Å². The highest BCUT2D eigenvalue weighted by Crippen LogP contribution is 2.32. The first-order valence-corrected chi connectivity index (χ1v) is 11.9. The molecule has 0 fully saturated rings. The van der Waals surface area contributed by atoms with Crippen LogP contribution in [0.3, 0.4) is 0 Å². The lowest BCUT2D eigenvalue weighted by molar-refractivity contribution is -0.116. The lowest BCUT2D eigenvalue weighted by atomic mass is 10.1. The molecule has 0 atom stereocenters. The van der Waals surface area contributed by atoms with Crippen LogP contribution in [-0.4, -0.2) is 28.7 Å². The Balaban J connectivity index is 1.31. The molecule has 1 amide bonds. The Morgan fingerprint density at radius 3 is 2.54 bits per heavy atom. The molecule has 1 aliphatic rings. The number of aromatic nitrogens is 2. The molecule has 7 nitrogen and oxygen atoms in total. The van der Waals surface area contributed by atoms with Crippen molar-refractivity contribution >= 4 is 22.6 Å². The number of rotatable bonds is 7. The van der Waals surface area contributed by atoms with Crippen molar-refractivity contribution in [2.45, 2.75) is 32.2 Å². The fourth-order valence-electron chi connectivity index (χ4n) is 4.21. The second-order valence-electron chi connectivity index (χ2n) is 8.50. The standard InChI is InChI=1S/C28H27N3O4/c32-27(29-21-11-13-25-26(19-21)35-18-6-17-34-25)14-12-23-28(33)31(16-15-20-7-2-1-3-8-20)24-10-5-4-9-22(24)30-23/h1-5,7-11,13,19H,6,12,14-18H2,(H,29,32). The van der Waals surface area contributed by atoms with Crippen LogP contribution < -0.4 is 20.3 Å². The molecule has 1 aromatic heterocycles. The van der Waals surface area contributed by atoms with Gasteiger partial charge in [-0.25, -0.2) is 4.98 Å². The quantitative estimate of drug-likeness (QED) is 0.435. The lowest BCUT2D eigenvalue weighted by Crippen LogP contribution is -2.27. The van der Waals surface area contributed by atoms with Crippen LogP contribution in [0.1, 0.15) is 24.1 Å². The molecule has 0 radical (unpaired) electrons. The predicted molar refractivity (Wildman–Crippen MR) is 135 cm³/mol. The third-order valence-electron chi connectivity index (χ3n) is 6.01. The van der Waals surface area contributed by atoms with Gasteiger partial charge in [-0.05, 0) is 36.2 Å². The first-order chi connectivity index (χ1) is 17.2. The number of carbonyl (C=O) groups excluding carboxylic acids is 1. The molecule has 178 valence electrons. The van der Waals surface area contributed by atoms with E-state index in [-0.39, 0.29) is 24.3 Å². The van der Waals surface area contributed by atoms with E-state index in [4.69, 9.17) is 9.47 Å². The fraction of sp³-hybridized carbons (Fsp3) is 0.250. The summed E-state index contributed by atoms with van der Waals surface area (Å²) in [5, 5.41) is 2.89. The van der Waals surface area contributed by atoms with Gasteiger partial charge in [-0.2, -0.15) is 0 Å². The molecule has 0 saturated carbocycles. The summed E-state index contributed by atoms with van der Waals surface area (Å²) in [5.74, 6) is 1.11. The van der Waals surface area contributed by atoms with Crippen molar-refractivity contribution in [3.8, 4) is 11.5 Å². The summed E-state index contributed by atoms with van der Waals surface area (Å²) >= 11 is 0. The van der Waals surface area contributed by atoms with E-state index in [1.807, 2.05) is 42.5 Å². The minimum atomic E-state index is -0.190. The number of aryl methyl sites for hydroxylation is 3. The number of para-hydroxylation sites is 2. The molecule has 0 saturated heterocycles. The molecule has 2 heterocycles. The van der Waals surface area contributed by atoms with Gasteiger partial charge in [-0.15, -0.1) is 0 Å². The topological polar surface area (TPSA) is 82.5 Å². The normalized spacial score (nSPS) is 12.8. The number of benzene rings is 3. The van der Waals surface area contributed by atoms with E-state index < -0.39 is 0 Å². The molecule has 3 aromatic carbocycles. The zero-order valence-electron chi connectivity index (χ0n) is 19.4. The Morgan fingerprint density at radius 1 is 0.914 bits per heavy atom. The number of amides is 1. The van der Waals surface area contributed by atoms with Gasteiger partial charge in [-0.1, -0.05) is 42.5 Å². The van der Waals surface area contributed by atoms with Crippen LogP contribution >= 0.6 is 0 Å². The van der Waals surface area contributed by atoms with Gasteiger partial charge >= 0.3 is 0 Å². The average Bonchev–Trinajstić information content (AvgIpc) is 3.13. The number of fused-ring (bicyclic) bond motifs is 2. The van der Waals surface area contributed by atoms with E-state index >= 15 is 0 Å². The molecular weight excluding hydrogens is 442 g/mol. The molecule has 7 heteroatoms. The van der Waals surface area contributed by atoms with Crippen LogP contribution in [0.5, 0.6) is 11.5 Å². The van der Waals surface area contributed by atoms with Gasteiger partial charge in [0.1, 0.15) is 5.69 Å². The van der Waals surface area contributed by atoms with Crippen LogP contribution in [0, 0.1) is 0 Å². The molecule has 1 N–H and O–H groups in total. The van der Waals surface area contributed by atoms with Crippen LogP contribution in [0.2, 0.25) is 0 Å². The van der Waals surface area contributed by atoms with Crippen molar-refractivity contribution in [1.82, 2.24) is 9.55 Å². The van der Waals surface area contributed by atoms with Gasteiger partial charge in [0.05, 0.1) is 24.2 Å². The number of nitrogens with one attached hydrogen (secondary N) is 1. The van der Waals surface area contributed by atoms with Crippen molar-refractivity contribution in [2.24, 2.45) is 0 Å². The van der Waals surface area contributed by atoms with Gasteiger partial charge in [0.2, 0.25) is 5.91 Å². The summed E-state index contributed by atoms with van der Waals surface area (Å²) in [7, 11) is 0. The van der Waals surface area contributed by atoms with Crippen molar-refractivity contribution in [2.75, 3.05) is 18.5 Å². The van der Waals surface area contributed by atoms with E-state index in [0.717, 1.165) is 29.4 Å². The predicted octanol–water partition coefficient (Wildman–Crippen LogP) is 4.37. The van der Waals surface area contributed by atoms with Crippen molar-refractivity contribution in [3.63, 3.8) is 0 Å². The number of carbonyl (C=O) groups is 1. The van der Waals surface area contributed by atoms with Crippen LogP contribution in [0.25, 0.3) is 11.0 Å². The van der Waals surface area contributed by atoms with E-state index in [0.29, 0.717) is 42.6 Å². The minimum absolute atomic E-state index is 0.147. The zero-order chi connectivity index (χ0) is 24.0. The highest BCUT2D eigenvalue weighted by molar-refractivity contribution is 5.91. The number of anilines is 1. The molecule has 5 rings (SSSR count). The van der Waals surface area contributed by atoms with Crippen LogP contribution in [0.4, 0.5) is 5.69 Å². The van der Waals surface area contributed by atoms with Crippen LogP contribution in [0.15, 0.2) is 77.6 Å². The number of hydrogen-bond acceptors (Lipinski definition) is 5. The van der Waals surface area contributed by atoms with E-state index in [9.17, 15) is 9.59 Å². The molecule has 0 aliphatic carbocycles. The van der Waals surface area contributed by atoms with Crippen molar-refractivity contribution < 1.29 is 14.3 Å². The first kappa shape index (κ1) is 22.7. The largest absolute Gasteiger partial charge is 0.490 e. The lowest BCUT2D eigenvalue weighted by Gasteiger charge is -2.13. The Morgan fingerprint density at radius 2 is 1.69 bits per heavy atom. The fourth-order valence-corrected chi connectivity index (χ4v) is 4.21. The summed E-state index contributed by atoms with van der Waals surface area (Å²) in [4.78, 5) is 30.6. The van der Waals surface area contributed by atoms with Gasteiger partial charge < -0.3 is 19.4 Å². The Bertz CT molecular complexity index is 1400. The zero-order valence-corrected chi connectivity index (χ0v) is 19.4. The highest BCUT2D eigenvalue weighted by Gasteiger charge is 2.15. The maximum absolute atomic E-state index is 13.3. The molecule has 1 aliphatic heterocycles. The molecule has 35 heavy (non-hydrogen) atoms. The van der Waals surface area contributed by atoms with Gasteiger partial charge in [0.25, 0.3) is 5.56 Å². The molecule has 0 bridgehead atoms. The Labute approximate surface area is 203 Å². The highest BCUT2D eigenvalue weighted by atomic mass is 16.5. The third-order valence-corrected chi connectivity index (χ3v) is 6.01. The summed E-state index contributed by atoms with van der Waals surface area (Å²) in [6.45, 7) is 1.73. The Kier molecular flexibility index (Phi) is 6.75. The maximum atomic E-state index is 13.3. The second kappa shape index (κ2) is 10.4. The number of nitrogens with zero attached hydrogens (tertiary/aromatic N) is 2. The summed E-state index contributed by atoms with van der Waals surface area (Å²) in [6.07, 6.45) is 1.95. The van der Waals surface area contributed by atoms with Gasteiger partial charge in [-0.3, -0.25) is 9.59 Å². The van der Waals surface area contributed by atoms with Gasteiger partial charge in [0, 0.05) is 37.6 Å². The molecule has 0 spiro atoms. The SMILES string of the molecule is O=C(CCc1nc2ccccc2n(CCc2ccccc2)c1=O)Nc1ccc2c(c1)OCCCO2. The minimum Gasteiger partial charge on any atom is -0.490 e. The monoisotopic (exact) mass is 469 g/mol.